The molecule has 1 amide bonds. The summed E-state index contributed by atoms with van der Waals surface area (Å²) in [5.41, 5.74) is 0.214. The van der Waals surface area contributed by atoms with E-state index in [1.54, 1.807) is 35.6 Å². The molecule has 2 aromatic carbocycles. The average molecular weight is 474 g/mol. The van der Waals surface area contributed by atoms with Gasteiger partial charge < -0.3 is 14.4 Å². The second-order valence-electron chi connectivity index (χ2n) is 7.27. The number of carbonyl (C=O) groups is 1. The van der Waals surface area contributed by atoms with Crippen LogP contribution in [0.15, 0.2) is 64.9 Å². The van der Waals surface area contributed by atoms with Crippen LogP contribution in [0.25, 0.3) is 0 Å². The Labute approximate surface area is 190 Å². The van der Waals surface area contributed by atoms with Crippen molar-refractivity contribution in [3.05, 3.63) is 65.7 Å². The van der Waals surface area contributed by atoms with E-state index >= 15 is 0 Å². The number of nitrogens with zero attached hydrogens (tertiary/aromatic N) is 2. The molecule has 0 bridgehead atoms. The van der Waals surface area contributed by atoms with Crippen molar-refractivity contribution in [2.45, 2.75) is 23.8 Å². The number of aromatic nitrogens is 1. The monoisotopic (exact) mass is 473 g/mol. The Hall–Kier alpha value is -3.11. The highest BCUT2D eigenvalue weighted by Gasteiger charge is 2.27. The second-order valence-corrected chi connectivity index (χ2v) is 9.81. The van der Waals surface area contributed by atoms with E-state index in [1.807, 2.05) is 24.3 Å². The minimum atomic E-state index is -3.75. The summed E-state index contributed by atoms with van der Waals surface area (Å²) in [6, 6.07) is 15.4. The lowest BCUT2D eigenvalue weighted by Gasteiger charge is -2.32. The molecule has 0 radical (unpaired) electrons. The molecule has 8 nitrogen and oxygen atoms in total. The standard InChI is InChI=1S/C22H23N3O5S2/c1-29-16-9-11-17(12-10-16)30-18-6-5-13-25(14-18)21(26)20-15-31-22(23-20)24-32(27,28)19-7-3-2-4-8-19/h2-4,7-12,15,18H,5-6,13-14H2,1H3,(H,23,24). The van der Waals surface area contributed by atoms with Gasteiger partial charge in [-0.15, -0.1) is 11.3 Å². The lowest BCUT2D eigenvalue weighted by molar-refractivity contribution is 0.0533. The Morgan fingerprint density at radius 2 is 1.84 bits per heavy atom. The highest BCUT2D eigenvalue weighted by molar-refractivity contribution is 7.93. The van der Waals surface area contributed by atoms with Crippen LogP contribution in [0, 0.1) is 0 Å². The molecule has 1 N–H and O–H groups in total. The zero-order chi connectivity index (χ0) is 22.6. The van der Waals surface area contributed by atoms with Gasteiger partial charge in [0.1, 0.15) is 23.3 Å². The first-order chi connectivity index (χ1) is 15.4. The number of ether oxygens (including phenoxy) is 2. The molecule has 32 heavy (non-hydrogen) atoms. The number of methoxy groups -OCH3 is 1. The molecule has 2 heterocycles. The topological polar surface area (TPSA) is 97.8 Å². The molecule has 168 valence electrons. The number of likely N-dealkylation sites (tertiary alicyclic amines) is 1. The first-order valence-electron chi connectivity index (χ1n) is 10.1. The van der Waals surface area contributed by atoms with Crippen molar-refractivity contribution in [3.63, 3.8) is 0 Å². The number of anilines is 1. The van der Waals surface area contributed by atoms with Crippen LogP contribution >= 0.6 is 11.3 Å². The van der Waals surface area contributed by atoms with Gasteiger partial charge in [-0.05, 0) is 49.2 Å². The van der Waals surface area contributed by atoms with Crippen molar-refractivity contribution >= 4 is 32.4 Å². The molecule has 4 rings (SSSR count). The van der Waals surface area contributed by atoms with Gasteiger partial charge in [0.05, 0.1) is 18.6 Å². The van der Waals surface area contributed by atoms with Crippen LogP contribution in [0.1, 0.15) is 23.3 Å². The van der Waals surface area contributed by atoms with Gasteiger partial charge in [0, 0.05) is 11.9 Å². The van der Waals surface area contributed by atoms with Gasteiger partial charge in [0.2, 0.25) is 0 Å². The Balaban J connectivity index is 1.39. The Morgan fingerprint density at radius 3 is 2.56 bits per heavy atom. The van der Waals surface area contributed by atoms with E-state index in [2.05, 4.69) is 9.71 Å². The van der Waals surface area contributed by atoms with Crippen molar-refractivity contribution in [2.24, 2.45) is 0 Å². The van der Waals surface area contributed by atoms with Crippen molar-refractivity contribution in [1.29, 1.82) is 0 Å². The summed E-state index contributed by atoms with van der Waals surface area (Å²) in [5, 5.41) is 1.72. The molecular weight excluding hydrogens is 450 g/mol. The molecule has 1 unspecified atom stereocenters. The number of carbonyl (C=O) groups excluding carboxylic acids is 1. The van der Waals surface area contributed by atoms with E-state index in [1.165, 1.54) is 12.1 Å². The quantitative estimate of drug-likeness (QED) is 0.563. The third-order valence-electron chi connectivity index (χ3n) is 5.03. The number of hydrogen-bond acceptors (Lipinski definition) is 7. The second kappa shape index (κ2) is 9.58. The molecule has 1 aliphatic heterocycles. The molecule has 10 heteroatoms. The van der Waals surface area contributed by atoms with Crippen LogP contribution in [0.4, 0.5) is 5.13 Å². The molecule has 0 saturated carbocycles. The molecule has 0 aliphatic carbocycles. The van der Waals surface area contributed by atoms with Gasteiger partial charge in [-0.2, -0.15) is 0 Å². The normalized spacial score (nSPS) is 16.4. The zero-order valence-electron chi connectivity index (χ0n) is 17.4. The fourth-order valence-electron chi connectivity index (χ4n) is 3.42. The Bertz CT molecular complexity index is 1160. The van der Waals surface area contributed by atoms with E-state index < -0.39 is 10.0 Å². The van der Waals surface area contributed by atoms with E-state index in [4.69, 9.17) is 9.47 Å². The largest absolute Gasteiger partial charge is 0.497 e. The lowest BCUT2D eigenvalue weighted by Crippen LogP contribution is -2.44. The molecular formula is C22H23N3O5S2. The van der Waals surface area contributed by atoms with Gasteiger partial charge in [-0.3, -0.25) is 9.52 Å². The molecule has 1 aliphatic rings. The van der Waals surface area contributed by atoms with Gasteiger partial charge >= 0.3 is 0 Å². The third-order valence-corrected chi connectivity index (χ3v) is 7.27. The summed E-state index contributed by atoms with van der Waals surface area (Å²) in [6.45, 7) is 1.04. The predicted molar refractivity (Wildman–Crippen MR) is 122 cm³/mol. The average Bonchev–Trinajstić information content (AvgIpc) is 3.27. The fourth-order valence-corrected chi connectivity index (χ4v) is 5.38. The SMILES string of the molecule is COc1ccc(OC2CCCN(C(=O)c3csc(NS(=O)(=O)c4ccccc4)n3)C2)cc1. The first kappa shape index (κ1) is 22.1. The first-order valence-corrected chi connectivity index (χ1v) is 12.4. The maximum Gasteiger partial charge on any atom is 0.273 e. The van der Waals surface area contributed by atoms with Gasteiger partial charge in [0.15, 0.2) is 5.13 Å². The van der Waals surface area contributed by atoms with E-state index in [9.17, 15) is 13.2 Å². The van der Waals surface area contributed by atoms with Gasteiger partial charge in [0.25, 0.3) is 15.9 Å². The van der Waals surface area contributed by atoms with Crippen LogP contribution in [0.2, 0.25) is 0 Å². The van der Waals surface area contributed by atoms with Crippen molar-refractivity contribution < 1.29 is 22.7 Å². The summed E-state index contributed by atoms with van der Waals surface area (Å²) in [5.74, 6) is 1.23. The number of thiazole rings is 1. The number of rotatable bonds is 7. The molecule has 1 saturated heterocycles. The minimum Gasteiger partial charge on any atom is -0.497 e. The number of amides is 1. The van der Waals surface area contributed by atoms with Gasteiger partial charge in [-0.25, -0.2) is 13.4 Å². The summed E-state index contributed by atoms with van der Waals surface area (Å²) < 4.78 is 38.6. The summed E-state index contributed by atoms with van der Waals surface area (Å²) in [6.07, 6.45) is 1.52. The number of sulfonamides is 1. The van der Waals surface area contributed by atoms with E-state index in [0.717, 1.165) is 35.7 Å². The number of hydrogen-bond donors (Lipinski definition) is 1. The highest BCUT2D eigenvalue weighted by Crippen LogP contribution is 2.24. The van der Waals surface area contributed by atoms with Crippen LogP contribution < -0.4 is 14.2 Å². The van der Waals surface area contributed by atoms with Crippen molar-refractivity contribution in [2.75, 3.05) is 24.9 Å². The molecule has 1 aromatic heterocycles. The zero-order valence-corrected chi connectivity index (χ0v) is 19.1. The van der Waals surface area contributed by atoms with Gasteiger partial charge in [-0.1, -0.05) is 18.2 Å². The summed E-state index contributed by atoms with van der Waals surface area (Å²) in [4.78, 5) is 19.0. The lowest BCUT2D eigenvalue weighted by atomic mass is 10.1. The van der Waals surface area contributed by atoms with E-state index in [0.29, 0.717) is 13.1 Å². The molecule has 0 spiro atoms. The smallest absolute Gasteiger partial charge is 0.273 e. The predicted octanol–water partition coefficient (Wildman–Crippen LogP) is 3.64. The molecule has 1 fully saturated rings. The summed E-state index contributed by atoms with van der Waals surface area (Å²) in [7, 11) is -2.15. The van der Waals surface area contributed by atoms with Crippen molar-refractivity contribution in [3.8, 4) is 11.5 Å². The maximum atomic E-state index is 13.0. The number of benzene rings is 2. The van der Waals surface area contributed by atoms with Crippen LogP contribution in [-0.4, -0.2) is 50.5 Å². The van der Waals surface area contributed by atoms with Crippen LogP contribution in [-0.2, 0) is 10.0 Å². The third kappa shape index (κ3) is 5.20. The van der Waals surface area contributed by atoms with Crippen molar-refractivity contribution in [1.82, 2.24) is 9.88 Å². The van der Waals surface area contributed by atoms with Crippen LogP contribution in [0.5, 0.6) is 11.5 Å². The fraction of sp³-hybridized carbons (Fsp3) is 0.273. The van der Waals surface area contributed by atoms with Crippen LogP contribution in [0.3, 0.4) is 0 Å². The molecule has 3 aromatic rings. The molecule has 1 atom stereocenters. The van der Waals surface area contributed by atoms with E-state index in [-0.39, 0.29) is 27.7 Å². The number of nitrogens with one attached hydrogen (secondary N) is 1. The number of piperidine rings is 1. The summed E-state index contributed by atoms with van der Waals surface area (Å²) >= 11 is 1.08. The Kier molecular flexibility index (Phi) is 6.61. The maximum absolute atomic E-state index is 13.0. The highest BCUT2D eigenvalue weighted by atomic mass is 32.2. The minimum absolute atomic E-state index is 0.129. The Morgan fingerprint density at radius 1 is 1.12 bits per heavy atom.